The molecule has 0 saturated heterocycles. The van der Waals surface area contributed by atoms with Crippen LogP contribution in [0, 0.1) is 5.92 Å². The lowest BCUT2D eigenvalue weighted by atomic mass is 9.85. The molecule has 1 amide bonds. The molecule has 6 nitrogen and oxygen atoms in total. The third-order valence-electron chi connectivity index (χ3n) is 4.86. The number of amides is 1. The Balaban J connectivity index is 1.88. The highest BCUT2D eigenvalue weighted by Crippen LogP contribution is 2.34. The summed E-state index contributed by atoms with van der Waals surface area (Å²) in [6, 6.07) is 5.10. The first kappa shape index (κ1) is 16.4. The maximum Gasteiger partial charge on any atom is 0.240 e. The predicted molar refractivity (Wildman–Crippen MR) is 88.7 cm³/mol. The molecule has 1 fully saturated rings. The number of hydrogen-bond donors (Lipinski definition) is 2. The standard InChI is InChI=1S/C16H23N3O3S/c1-18-23(21,22)14-6-5-11-7-8-19(15(11)10-14)16(20)12-3-2-4-13(17)9-12/h5-6,10,12-13,18H,2-4,7-9,17H2,1H3/t12-,13+/m0/s1. The molecule has 2 atom stereocenters. The number of sulfonamides is 1. The molecule has 0 aromatic heterocycles. The number of anilines is 1. The summed E-state index contributed by atoms with van der Waals surface area (Å²) in [7, 11) is -2.13. The Bertz CT molecular complexity index is 717. The van der Waals surface area contributed by atoms with Crippen molar-refractivity contribution in [3.63, 3.8) is 0 Å². The Kier molecular flexibility index (Phi) is 4.44. The Labute approximate surface area is 137 Å². The quantitative estimate of drug-likeness (QED) is 0.861. The fourth-order valence-corrected chi connectivity index (χ4v) is 4.29. The minimum atomic E-state index is -3.51. The Hall–Kier alpha value is -1.44. The molecule has 1 aliphatic carbocycles. The SMILES string of the molecule is CNS(=O)(=O)c1ccc2c(c1)N(C(=O)[C@H]1CCC[C@@H](N)C1)CC2. The second-order valence-corrected chi connectivity index (χ2v) is 8.25. The van der Waals surface area contributed by atoms with Crippen LogP contribution in [0.2, 0.25) is 0 Å². The van der Waals surface area contributed by atoms with E-state index in [1.807, 2.05) is 0 Å². The third-order valence-corrected chi connectivity index (χ3v) is 6.27. The fourth-order valence-electron chi connectivity index (χ4n) is 3.55. The van der Waals surface area contributed by atoms with Gasteiger partial charge in [0.05, 0.1) is 4.90 Å². The molecule has 3 rings (SSSR count). The summed E-state index contributed by atoms with van der Waals surface area (Å²) in [4.78, 5) is 14.8. The number of nitrogens with two attached hydrogens (primary N) is 1. The van der Waals surface area contributed by atoms with Crippen molar-refractivity contribution in [2.24, 2.45) is 11.7 Å². The number of rotatable bonds is 3. The number of nitrogens with one attached hydrogen (secondary N) is 1. The molecular weight excluding hydrogens is 314 g/mol. The summed E-state index contributed by atoms with van der Waals surface area (Å²) in [5.41, 5.74) is 7.75. The monoisotopic (exact) mass is 337 g/mol. The van der Waals surface area contributed by atoms with Crippen LogP contribution < -0.4 is 15.4 Å². The van der Waals surface area contributed by atoms with Crippen LogP contribution in [0.25, 0.3) is 0 Å². The highest BCUT2D eigenvalue weighted by atomic mass is 32.2. The molecule has 0 unspecified atom stereocenters. The molecule has 1 heterocycles. The first-order valence-corrected chi connectivity index (χ1v) is 9.54. The summed E-state index contributed by atoms with van der Waals surface area (Å²) in [6.45, 7) is 0.614. The summed E-state index contributed by atoms with van der Waals surface area (Å²) in [5, 5.41) is 0. The molecule has 3 N–H and O–H groups in total. The van der Waals surface area contributed by atoms with Crippen LogP contribution in [0.1, 0.15) is 31.2 Å². The zero-order valence-electron chi connectivity index (χ0n) is 13.3. The lowest BCUT2D eigenvalue weighted by Crippen LogP contribution is -2.40. The van der Waals surface area contributed by atoms with Crippen molar-refractivity contribution in [2.45, 2.75) is 43.0 Å². The van der Waals surface area contributed by atoms with Crippen LogP contribution in [0.4, 0.5) is 5.69 Å². The summed E-state index contributed by atoms with van der Waals surface area (Å²) >= 11 is 0. The largest absolute Gasteiger partial charge is 0.328 e. The Morgan fingerprint density at radius 2 is 2.13 bits per heavy atom. The fraction of sp³-hybridized carbons (Fsp3) is 0.562. The normalized spacial score (nSPS) is 24.5. The van der Waals surface area contributed by atoms with E-state index in [9.17, 15) is 13.2 Å². The first-order chi connectivity index (χ1) is 10.9. The second kappa shape index (κ2) is 6.22. The molecule has 1 aromatic carbocycles. The second-order valence-electron chi connectivity index (χ2n) is 6.36. The van der Waals surface area contributed by atoms with Crippen LogP contribution in [-0.2, 0) is 21.2 Å². The van der Waals surface area contributed by atoms with Gasteiger partial charge in [-0.3, -0.25) is 4.79 Å². The Morgan fingerprint density at radius 1 is 1.35 bits per heavy atom. The van der Waals surface area contributed by atoms with Gasteiger partial charge in [-0.2, -0.15) is 0 Å². The van der Waals surface area contributed by atoms with Crippen molar-refractivity contribution in [1.29, 1.82) is 0 Å². The molecule has 1 aliphatic heterocycles. The van der Waals surface area contributed by atoms with E-state index in [-0.39, 0.29) is 22.8 Å². The average Bonchev–Trinajstić information content (AvgIpc) is 2.97. The van der Waals surface area contributed by atoms with Gasteiger partial charge in [0.1, 0.15) is 0 Å². The number of benzene rings is 1. The zero-order chi connectivity index (χ0) is 16.6. The van der Waals surface area contributed by atoms with E-state index in [1.54, 1.807) is 23.1 Å². The predicted octanol–water partition coefficient (Wildman–Crippen LogP) is 1.00. The van der Waals surface area contributed by atoms with E-state index in [4.69, 9.17) is 5.73 Å². The van der Waals surface area contributed by atoms with Crippen molar-refractivity contribution in [2.75, 3.05) is 18.5 Å². The van der Waals surface area contributed by atoms with E-state index in [0.29, 0.717) is 6.54 Å². The number of carbonyl (C=O) groups excluding carboxylic acids is 1. The van der Waals surface area contributed by atoms with Crippen molar-refractivity contribution < 1.29 is 13.2 Å². The van der Waals surface area contributed by atoms with Gasteiger partial charge >= 0.3 is 0 Å². The molecule has 23 heavy (non-hydrogen) atoms. The van der Waals surface area contributed by atoms with Gasteiger partial charge < -0.3 is 10.6 Å². The maximum absolute atomic E-state index is 12.8. The molecular formula is C16H23N3O3S. The van der Waals surface area contributed by atoms with E-state index in [1.165, 1.54) is 7.05 Å². The molecule has 126 valence electrons. The van der Waals surface area contributed by atoms with Gasteiger partial charge in [-0.1, -0.05) is 12.5 Å². The highest BCUT2D eigenvalue weighted by molar-refractivity contribution is 7.89. The van der Waals surface area contributed by atoms with E-state index < -0.39 is 10.0 Å². The molecule has 0 radical (unpaired) electrons. The number of nitrogens with zero attached hydrogens (tertiary/aromatic N) is 1. The lowest BCUT2D eigenvalue weighted by molar-refractivity contribution is -0.123. The highest BCUT2D eigenvalue weighted by Gasteiger charge is 2.33. The molecule has 7 heteroatoms. The smallest absolute Gasteiger partial charge is 0.240 e. The van der Waals surface area contributed by atoms with Gasteiger partial charge in [-0.05, 0) is 50.4 Å². The van der Waals surface area contributed by atoms with Gasteiger partial charge in [0.25, 0.3) is 0 Å². The average molecular weight is 337 g/mol. The summed E-state index contributed by atoms with van der Waals surface area (Å²) in [6.07, 6.45) is 4.31. The number of fused-ring (bicyclic) bond motifs is 1. The van der Waals surface area contributed by atoms with Gasteiger partial charge in [0.15, 0.2) is 0 Å². The Morgan fingerprint density at radius 3 is 2.83 bits per heavy atom. The molecule has 0 bridgehead atoms. The third kappa shape index (κ3) is 3.13. The van der Waals surface area contributed by atoms with E-state index >= 15 is 0 Å². The van der Waals surface area contributed by atoms with Crippen LogP contribution in [-0.4, -0.2) is 34.0 Å². The van der Waals surface area contributed by atoms with Crippen molar-refractivity contribution >= 4 is 21.6 Å². The van der Waals surface area contributed by atoms with E-state index in [2.05, 4.69) is 4.72 Å². The van der Waals surface area contributed by atoms with Crippen LogP contribution in [0.3, 0.4) is 0 Å². The minimum Gasteiger partial charge on any atom is -0.328 e. The minimum absolute atomic E-state index is 0.0470. The zero-order valence-corrected chi connectivity index (χ0v) is 14.1. The van der Waals surface area contributed by atoms with Crippen molar-refractivity contribution in [1.82, 2.24) is 4.72 Å². The first-order valence-electron chi connectivity index (χ1n) is 8.06. The van der Waals surface area contributed by atoms with Crippen molar-refractivity contribution in [3.8, 4) is 0 Å². The number of carbonyl (C=O) groups is 1. The lowest BCUT2D eigenvalue weighted by Gasteiger charge is -2.29. The molecule has 1 aromatic rings. The van der Waals surface area contributed by atoms with Gasteiger partial charge in [-0.15, -0.1) is 0 Å². The van der Waals surface area contributed by atoms with Gasteiger partial charge in [0, 0.05) is 24.2 Å². The molecule has 0 spiro atoms. The summed E-state index contributed by atoms with van der Waals surface area (Å²) < 4.78 is 26.3. The maximum atomic E-state index is 12.8. The van der Waals surface area contributed by atoms with Gasteiger partial charge in [0.2, 0.25) is 15.9 Å². The van der Waals surface area contributed by atoms with E-state index in [0.717, 1.165) is 43.4 Å². The topological polar surface area (TPSA) is 92.5 Å². The van der Waals surface area contributed by atoms with Crippen LogP contribution in [0.5, 0.6) is 0 Å². The molecule has 2 aliphatic rings. The summed E-state index contributed by atoms with van der Waals surface area (Å²) in [5.74, 6) is 0.0344. The van der Waals surface area contributed by atoms with Crippen LogP contribution >= 0.6 is 0 Å². The van der Waals surface area contributed by atoms with Crippen LogP contribution in [0.15, 0.2) is 23.1 Å². The number of hydrogen-bond acceptors (Lipinski definition) is 4. The van der Waals surface area contributed by atoms with Crippen molar-refractivity contribution in [3.05, 3.63) is 23.8 Å². The molecule has 1 saturated carbocycles. The van der Waals surface area contributed by atoms with Gasteiger partial charge in [-0.25, -0.2) is 13.1 Å².